The summed E-state index contributed by atoms with van der Waals surface area (Å²) in [5, 5.41) is 18.5. The zero-order valence-corrected chi connectivity index (χ0v) is 21.5. The fraction of sp³-hybridized carbons (Fsp3) is 0.296. The van der Waals surface area contributed by atoms with Crippen LogP contribution in [0.2, 0.25) is 5.02 Å². The molecule has 0 saturated heterocycles. The number of amides is 2. The third-order valence-corrected chi connectivity index (χ3v) is 5.74. The van der Waals surface area contributed by atoms with Gasteiger partial charge in [-0.1, -0.05) is 59.6 Å². The van der Waals surface area contributed by atoms with E-state index in [1.54, 1.807) is 30.5 Å². The van der Waals surface area contributed by atoms with Crippen LogP contribution in [0, 0.1) is 6.92 Å². The lowest BCUT2D eigenvalue weighted by molar-refractivity contribution is -0.137. The largest absolute Gasteiger partial charge is 0.481 e. The van der Waals surface area contributed by atoms with Crippen LogP contribution in [-0.2, 0) is 11.3 Å². The minimum atomic E-state index is -1.06. The van der Waals surface area contributed by atoms with E-state index in [-0.39, 0.29) is 24.2 Å². The molecule has 0 aliphatic heterocycles. The third kappa shape index (κ3) is 7.36. The maximum Gasteiger partial charge on any atom is 0.319 e. The molecule has 0 aliphatic carbocycles. The van der Waals surface area contributed by atoms with E-state index >= 15 is 0 Å². The minimum absolute atomic E-state index is 0.0509. The highest BCUT2D eigenvalue weighted by Crippen LogP contribution is 2.24. The van der Waals surface area contributed by atoms with Gasteiger partial charge in [0.05, 0.1) is 24.7 Å². The first-order valence-electron chi connectivity index (χ1n) is 11.5. The van der Waals surface area contributed by atoms with Crippen LogP contribution in [0.25, 0.3) is 0 Å². The van der Waals surface area contributed by atoms with Crippen molar-refractivity contribution in [3.63, 3.8) is 0 Å². The van der Waals surface area contributed by atoms with Gasteiger partial charge < -0.3 is 25.6 Å². The number of carbonyl (C=O) groups excluding carboxylic acids is 1. The second kappa shape index (κ2) is 11.3. The summed E-state index contributed by atoms with van der Waals surface area (Å²) >= 11 is 6.28. The maximum atomic E-state index is 13.4. The number of carboxylic acid groups (broad SMARTS) is 1. The van der Waals surface area contributed by atoms with Gasteiger partial charge in [-0.2, -0.15) is 0 Å². The number of pyridine rings is 1. The van der Waals surface area contributed by atoms with Crippen LogP contribution in [0.15, 0.2) is 65.6 Å². The molecule has 0 bridgehead atoms. The molecule has 4 N–H and O–H groups in total. The molecule has 1 aromatic heterocycles. The Morgan fingerprint density at radius 3 is 2.33 bits per heavy atom. The lowest BCUT2D eigenvalue weighted by Gasteiger charge is -2.25. The van der Waals surface area contributed by atoms with Crippen LogP contribution in [0.3, 0.4) is 0 Å². The third-order valence-electron chi connectivity index (χ3n) is 5.38. The Morgan fingerprint density at radius 2 is 1.72 bits per heavy atom. The number of aliphatic carboxylic acids is 1. The van der Waals surface area contributed by atoms with Crippen molar-refractivity contribution in [3.8, 4) is 0 Å². The SMILES string of the molecule is Cc1ccc(C(CC(=O)O)NC(=O)Nc2c(NC(C)(C)C)ccn(Cc3ccccc3Cl)c2=O)cc1. The van der Waals surface area contributed by atoms with E-state index in [0.29, 0.717) is 16.3 Å². The number of hydrogen-bond acceptors (Lipinski definition) is 4. The smallest absolute Gasteiger partial charge is 0.319 e. The lowest BCUT2D eigenvalue weighted by Crippen LogP contribution is -2.37. The Hall–Kier alpha value is -3.78. The number of halogens is 1. The summed E-state index contributed by atoms with van der Waals surface area (Å²) in [6.07, 6.45) is 1.33. The number of hydrogen-bond donors (Lipinski definition) is 4. The van der Waals surface area contributed by atoms with Crippen LogP contribution in [0.1, 0.15) is 49.9 Å². The Bertz CT molecular complexity index is 1300. The van der Waals surface area contributed by atoms with Gasteiger partial charge in [-0.05, 0) is 51.0 Å². The van der Waals surface area contributed by atoms with Crippen molar-refractivity contribution in [2.45, 2.75) is 52.2 Å². The van der Waals surface area contributed by atoms with Gasteiger partial charge in [0.25, 0.3) is 5.56 Å². The molecule has 8 nitrogen and oxygen atoms in total. The monoisotopic (exact) mass is 510 g/mol. The molecule has 2 amide bonds. The number of carbonyl (C=O) groups is 2. The van der Waals surface area contributed by atoms with Crippen molar-refractivity contribution in [2.75, 3.05) is 10.6 Å². The molecule has 3 rings (SSSR count). The molecule has 0 fully saturated rings. The van der Waals surface area contributed by atoms with E-state index in [1.807, 2.05) is 58.0 Å². The highest BCUT2D eigenvalue weighted by molar-refractivity contribution is 6.31. The average Bonchev–Trinajstić information content (AvgIpc) is 2.78. The number of benzene rings is 2. The molecule has 2 aromatic carbocycles. The van der Waals surface area contributed by atoms with Gasteiger partial charge in [-0.3, -0.25) is 9.59 Å². The van der Waals surface area contributed by atoms with Gasteiger partial charge in [0.1, 0.15) is 5.69 Å². The van der Waals surface area contributed by atoms with Gasteiger partial charge in [-0.15, -0.1) is 0 Å². The Morgan fingerprint density at radius 1 is 1.06 bits per heavy atom. The molecular formula is C27H31ClN4O4. The van der Waals surface area contributed by atoms with Crippen molar-refractivity contribution in [2.24, 2.45) is 0 Å². The first kappa shape index (κ1) is 26.8. The molecule has 36 heavy (non-hydrogen) atoms. The minimum Gasteiger partial charge on any atom is -0.481 e. The molecule has 0 spiro atoms. The zero-order chi connectivity index (χ0) is 26.5. The van der Waals surface area contributed by atoms with E-state index < -0.39 is 23.6 Å². The standard InChI is InChI=1S/C27H31ClN4O4/c1-17-9-11-18(12-10-17)22(15-23(33)34)29-26(36)30-24-21(31-27(2,3)4)13-14-32(25(24)35)16-19-7-5-6-8-20(19)28/h5-14,22,31H,15-16H2,1-4H3,(H,33,34)(H2,29,30,36). The van der Waals surface area contributed by atoms with Crippen molar-refractivity contribution < 1.29 is 14.7 Å². The van der Waals surface area contributed by atoms with E-state index in [2.05, 4.69) is 16.0 Å². The summed E-state index contributed by atoms with van der Waals surface area (Å²) in [5.41, 5.74) is 2.10. The van der Waals surface area contributed by atoms with Crippen LogP contribution in [-0.4, -0.2) is 27.2 Å². The number of nitrogens with one attached hydrogen (secondary N) is 3. The zero-order valence-electron chi connectivity index (χ0n) is 20.8. The topological polar surface area (TPSA) is 112 Å². The van der Waals surface area contributed by atoms with Gasteiger partial charge in [-0.25, -0.2) is 4.79 Å². The van der Waals surface area contributed by atoms with Gasteiger partial charge in [0.2, 0.25) is 0 Å². The number of urea groups is 1. The molecule has 0 saturated carbocycles. The fourth-order valence-corrected chi connectivity index (χ4v) is 3.87. The van der Waals surface area contributed by atoms with Gasteiger partial charge in [0, 0.05) is 16.8 Å². The number of carboxylic acids is 1. The molecule has 1 unspecified atom stereocenters. The molecule has 9 heteroatoms. The fourth-order valence-electron chi connectivity index (χ4n) is 3.67. The first-order valence-corrected chi connectivity index (χ1v) is 11.9. The lowest BCUT2D eigenvalue weighted by atomic mass is 10.0. The molecule has 1 heterocycles. The van der Waals surface area contributed by atoms with Gasteiger partial charge in [0.15, 0.2) is 0 Å². The molecule has 0 aliphatic rings. The van der Waals surface area contributed by atoms with Crippen LogP contribution >= 0.6 is 11.6 Å². The number of nitrogens with zero attached hydrogens (tertiary/aromatic N) is 1. The summed E-state index contributed by atoms with van der Waals surface area (Å²) in [6, 6.07) is 14.7. The second-order valence-corrected chi connectivity index (χ2v) is 10.1. The second-order valence-electron chi connectivity index (χ2n) is 9.66. The Balaban J connectivity index is 1.92. The number of aromatic nitrogens is 1. The quantitative estimate of drug-likeness (QED) is 0.324. The molecular weight excluding hydrogens is 480 g/mol. The Kier molecular flexibility index (Phi) is 8.42. The van der Waals surface area contributed by atoms with Crippen LogP contribution < -0.4 is 21.5 Å². The average molecular weight is 511 g/mol. The molecule has 0 radical (unpaired) electrons. The normalized spacial score (nSPS) is 12.0. The molecule has 3 aromatic rings. The van der Waals surface area contributed by atoms with Crippen molar-refractivity contribution in [1.29, 1.82) is 0 Å². The molecule has 190 valence electrons. The predicted octanol–water partition coefficient (Wildman–Crippen LogP) is 5.41. The summed E-state index contributed by atoms with van der Waals surface area (Å²) in [7, 11) is 0. The highest BCUT2D eigenvalue weighted by atomic mass is 35.5. The van der Waals surface area contributed by atoms with E-state index in [0.717, 1.165) is 11.1 Å². The number of aryl methyl sites for hydroxylation is 1. The van der Waals surface area contributed by atoms with Crippen molar-refractivity contribution in [1.82, 2.24) is 9.88 Å². The van der Waals surface area contributed by atoms with Crippen molar-refractivity contribution >= 4 is 35.0 Å². The van der Waals surface area contributed by atoms with E-state index in [9.17, 15) is 19.5 Å². The number of anilines is 2. The van der Waals surface area contributed by atoms with E-state index in [1.165, 1.54) is 4.57 Å². The maximum absolute atomic E-state index is 13.4. The van der Waals surface area contributed by atoms with Crippen molar-refractivity contribution in [3.05, 3.63) is 92.9 Å². The Labute approximate surface area is 215 Å². The highest BCUT2D eigenvalue weighted by Gasteiger charge is 2.22. The molecule has 1 atom stereocenters. The number of rotatable bonds is 8. The summed E-state index contributed by atoms with van der Waals surface area (Å²) in [6.45, 7) is 7.95. The van der Waals surface area contributed by atoms with Gasteiger partial charge >= 0.3 is 12.0 Å². The van der Waals surface area contributed by atoms with Crippen LogP contribution in [0.4, 0.5) is 16.2 Å². The summed E-state index contributed by atoms with van der Waals surface area (Å²) in [5.74, 6) is -1.06. The summed E-state index contributed by atoms with van der Waals surface area (Å²) in [4.78, 5) is 37.9. The summed E-state index contributed by atoms with van der Waals surface area (Å²) < 4.78 is 1.46. The first-order chi connectivity index (χ1) is 16.9. The van der Waals surface area contributed by atoms with E-state index in [4.69, 9.17) is 11.6 Å². The predicted molar refractivity (Wildman–Crippen MR) is 143 cm³/mol. The van der Waals surface area contributed by atoms with Crippen LogP contribution in [0.5, 0.6) is 0 Å².